The summed E-state index contributed by atoms with van der Waals surface area (Å²) in [7, 11) is 2.44. The summed E-state index contributed by atoms with van der Waals surface area (Å²) in [4.78, 5) is 0. The molecule has 0 bridgehead atoms. The molecule has 0 saturated carbocycles. The van der Waals surface area contributed by atoms with Gasteiger partial charge in [0, 0.05) is 24.8 Å². The monoisotopic (exact) mass is 502 g/mol. The molecular weight excluding hydrogens is 455 g/mol. The van der Waals surface area contributed by atoms with Gasteiger partial charge in [0.05, 0.1) is 0 Å². The van der Waals surface area contributed by atoms with Crippen molar-refractivity contribution in [3.63, 3.8) is 0 Å². The quantitative estimate of drug-likeness (QED) is 0.285. The van der Waals surface area contributed by atoms with Crippen LogP contribution in [0.1, 0.15) is 84.6 Å². The van der Waals surface area contributed by atoms with Gasteiger partial charge in [-0.15, -0.1) is 0 Å². The summed E-state index contributed by atoms with van der Waals surface area (Å²) < 4.78 is 23.2. The van der Waals surface area contributed by atoms with Crippen molar-refractivity contribution in [3.8, 4) is 11.5 Å². The lowest BCUT2D eigenvalue weighted by molar-refractivity contribution is 0.0513. The maximum atomic E-state index is 6.26. The van der Waals surface area contributed by atoms with Crippen LogP contribution >= 0.6 is 7.92 Å². The Kier molecular flexibility index (Phi) is 9.48. The molecule has 0 aromatic heterocycles. The molecule has 0 fully saturated rings. The van der Waals surface area contributed by atoms with E-state index in [1.54, 1.807) is 14.2 Å². The van der Waals surface area contributed by atoms with Crippen LogP contribution in [0.5, 0.6) is 11.5 Å². The Hall–Kier alpha value is -1.61. The van der Waals surface area contributed by atoms with E-state index < -0.39 is 7.92 Å². The fourth-order valence-electron chi connectivity index (χ4n) is 4.17. The topological polar surface area (TPSA) is 36.9 Å². The molecule has 2 aromatic rings. The van der Waals surface area contributed by atoms with Crippen molar-refractivity contribution in [1.82, 2.24) is 0 Å². The van der Waals surface area contributed by atoms with E-state index in [1.165, 1.54) is 21.7 Å². The van der Waals surface area contributed by atoms with Gasteiger partial charge in [-0.2, -0.15) is 0 Å². The van der Waals surface area contributed by atoms with Crippen molar-refractivity contribution in [1.29, 1.82) is 0 Å². The fraction of sp³-hybridized carbons (Fsp3) is 0.600. The van der Waals surface area contributed by atoms with Crippen LogP contribution in [0.3, 0.4) is 0 Å². The van der Waals surface area contributed by atoms with Gasteiger partial charge >= 0.3 is 0 Å². The summed E-state index contributed by atoms with van der Waals surface area (Å²) in [6.07, 6.45) is 0. The fourth-order valence-corrected chi connectivity index (χ4v) is 7.30. The van der Waals surface area contributed by atoms with E-state index in [0.717, 1.165) is 22.6 Å². The molecule has 0 aliphatic heterocycles. The normalized spacial score (nSPS) is 12.9. The van der Waals surface area contributed by atoms with Gasteiger partial charge in [0.25, 0.3) is 0 Å². The predicted octanol–water partition coefficient (Wildman–Crippen LogP) is 7.10. The first-order valence-electron chi connectivity index (χ1n) is 12.4. The maximum absolute atomic E-state index is 6.26. The second-order valence-corrected chi connectivity index (χ2v) is 15.4. The third-order valence-electron chi connectivity index (χ3n) is 6.04. The minimum Gasteiger partial charge on any atom is -0.467 e. The van der Waals surface area contributed by atoms with Gasteiger partial charge in [-0.25, -0.2) is 0 Å². The van der Waals surface area contributed by atoms with Gasteiger partial charge in [-0.05, 0) is 72.1 Å². The van der Waals surface area contributed by atoms with Crippen molar-refractivity contribution in [2.24, 2.45) is 0 Å². The minimum atomic E-state index is -0.887. The summed E-state index contributed by atoms with van der Waals surface area (Å²) in [5.41, 5.74) is 4.88. The molecule has 0 aliphatic rings. The second kappa shape index (κ2) is 11.2. The highest BCUT2D eigenvalue weighted by Gasteiger charge is 2.35. The van der Waals surface area contributed by atoms with Crippen LogP contribution in [0, 0.1) is 13.8 Å². The van der Waals surface area contributed by atoms with Gasteiger partial charge in [0.2, 0.25) is 0 Å². The van der Waals surface area contributed by atoms with Crippen molar-refractivity contribution < 1.29 is 18.9 Å². The van der Waals surface area contributed by atoms with Gasteiger partial charge < -0.3 is 18.9 Å². The van der Waals surface area contributed by atoms with Crippen molar-refractivity contribution in [2.45, 2.75) is 92.1 Å². The number of aryl methyl sites for hydroxylation is 2. The number of methoxy groups -OCH3 is 2. The third kappa shape index (κ3) is 7.21. The molecule has 0 spiro atoms. The largest absolute Gasteiger partial charge is 0.467 e. The Morgan fingerprint density at radius 2 is 0.943 bits per heavy atom. The average molecular weight is 503 g/mol. The molecule has 0 atom stereocenters. The Labute approximate surface area is 215 Å². The highest BCUT2D eigenvalue weighted by Crippen LogP contribution is 2.53. The SMILES string of the molecule is COCOc1c(C)cc(C(C)(C)C)cc1P(c1cc(C(C)(C)C)cc(C)c1OCOC)C(C)(C)C. The first-order valence-corrected chi connectivity index (χ1v) is 13.7. The smallest absolute Gasteiger partial charge is 0.188 e. The highest BCUT2D eigenvalue weighted by atomic mass is 31.1. The lowest BCUT2D eigenvalue weighted by Crippen LogP contribution is -2.31. The summed E-state index contributed by atoms with van der Waals surface area (Å²) in [6, 6.07) is 9.22. The molecule has 0 N–H and O–H groups in total. The number of hydrogen-bond acceptors (Lipinski definition) is 4. The lowest BCUT2D eigenvalue weighted by Gasteiger charge is -2.37. The molecule has 4 nitrogen and oxygen atoms in total. The van der Waals surface area contributed by atoms with Crippen molar-refractivity contribution in [2.75, 3.05) is 27.8 Å². The van der Waals surface area contributed by atoms with Crippen LogP contribution in [0.2, 0.25) is 0 Å². The third-order valence-corrected chi connectivity index (χ3v) is 9.01. The Balaban J connectivity index is 2.99. The van der Waals surface area contributed by atoms with E-state index in [0.29, 0.717) is 0 Å². The molecule has 35 heavy (non-hydrogen) atoms. The van der Waals surface area contributed by atoms with Crippen LogP contribution in [0.4, 0.5) is 0 Å². The molecular formula is C30H47O4P. The summed E-state index contributed by atoms with van der Waals surface area (Å²) >= 11 is 0. The van der Waals surface area contributed by atoms with E-state index in [2.05, 4.69) is 100 Å². The molecule has 0 saturated heterocycles. The van der Waals surface area contributed by atoms with Crippen LogP contribution in [0.15, 0.2) is 24.3 Å². The molecule has 0 radical (unpaired) electrons. The van der Waals surface area contributed by atoms with Crippen LogP contribution < -0.4 is 20.1 Å². The molecule has 5 heteroatoms. The summed E-state index contributed by atoms with van der Waals surface area (Å²) in [5, 5.41) is 2.39. The summed E-state index contributed by atoms with van der Waals surface area (Å²) in [5.74, 6) is 1.83. The lowest BCUT2D eigenvalue weighted by atomic mass is 9.86. The predicted molar refractivity (Wildman–Crippen MR) is 151 cm³/mol. The van der Waals surface area contributed by atoms with Crippen LogP contribution in [-0.2, 0) is 20.3 Å². The molecule has 0 unspecified atom stereocenters. The van der Waals surface area contributed by atoms with Gasteiger partial charge in [0.1, 0.15) is 11.5 Å². The summed E-state index contributed by atoms with van der Waals surface area (Å²) in [6.45, 7) is 25.2. The maximum Gasteiger partial charge on any atom is 0.188 e. The minimum absolute atomic E-state index is 0.0107. The number of benzene rings is 2. The molecule has 2 aromatic carbocycles. The first kappa shape index (κ1) is 29.6. The van der Waals surface area contributed by atoms with E-state index in [-0.39, 0.29) is 29.6 Å². The van der Waals surface area contributed by atoms with E-state index in [9.17, 15) is 0 Å². The molecule has 2 rings (SSSR count). The molecule has 0 amide bonds. The van der Waals surface area contributed by atoms with Gasteiger partial charge in [-0.3, -0.25) is 0 Å². The Bertz CT molecular complexity index is 931. The standard InChI is InChI=1S/C30H47O4P/c1-20-14-22(28(3,4)5)16-24(26(20)33-18-31-12)35(30(9,10)11)25-17-23(29(6,7)8)15-21(2)27(25)34-19-32-13/h14-17H,18-19H2,1-13H3. The molecule has 0 heterocycles. The van der Waals surface area contributed by atoms with Gasteiger partial charge in [-0.1, -0.05) is 74.4 Å². The Morgan fingerprint density at radius 1 is 0.600 bits per heavy atom. The van der Waals surface area contributed by atoms with Crippen molar-refractivity contribution in [3.05, 3.63) is 46.5 Å². The highest BCUT2D eigenvalue weighted by molar-refractivity contribution is 7.74. The Morgan fingerprint density at radius 3 is 1.20 bits per heavy atom. The molecule has 0 aliphatic carbocycles. The zero-order valence-electron chi connectivity index (χ0n) is 24.3. The number of ether oxygens (including phenoxy) is 4. The second-order valence-electron chi connectivity index (χ2n) is 12.4. The van der Waals surface area contributed by atoms with E-state index in [4.69, 9.17) is 18.9 Å². The zero-order valence-corrected chi connectivity index (χ0v) is 25.2. The van der Waals surface area contributed by atoms with Gasteiger partial charge in [0.15, 0.2) is 13.6 Å². The van der Waals surface area contributed by atoms with Crippen LogP contribution in [-0.4, -0.2) is 33.0 Å². The number of hydrogen-bond donors (Lipinski definition) is 0. The van der Waals surface area contributed by atoms with Crippen molar-refractivity contribution >= 4 is 18.5 Å². The van der Waals surface area contributed by atoms with E-state index in [1.807, 2.05) is 0 Å². The number of rotatable bonds is 8. The average Bonchev–Trinajstić information content (AvgIpc) is 2.70. The first-order chi connectivity index (χ1) is 16.0. The van der Waals surface area contributed by atoms with Crippen LogP contribution in [0.25, 0.3) is 0 Å². The van der Waals surface area contributed by atoms with E-state index >= 15 is 0 Å². The zero-order chi connectivity index (χ0) is 26.8. The molecule has 196 valence electrons.